The van der Waals surface area contributed by atoms with Gasteiger partial charge in [0.05, 0.1) is 28.6 Å². The lowest BCUT2D eigenvalue weighted by atomic mass is 9.82. The van der Waals surface area contributed by atoms with Crippen LogP contribution in [0.2, 0.25) is 0 Å². The van der Waals surface area contributed by atoms with E-state index in [1.165, 1.54) is 17.0 Å². The van der Waals surface area contributed by atoms with Crippen molar-refractivity contribution in [3.05, 3.63) is 41.5 Å². The molecule has 7 nitrogen and oxygen atoms in total. The molecule has 192 valence electrons. The Kier molecular flexibility index (Phi) is 6.29. The number of hydrogen-bond donors (Lipinski definition) is 3. The van der Waals surface area contributed by atoms with Crippen LogP contribution in [0.15, 0.2) is 24.5 Å². The second-order valence-electron chi connectivity index (χ2n) is 9.26. The maximum atomic E-state index is 13.8. The molecule has 35 heavy (non-hydrogen) atoms. The maximum absolute atomic E-state index is 13.8. The number of aromatic amines is 1. The van der Waals surface area contributed by atoms with Crippen molar-refractivity contribution < 1.29 is 36.2 Å². The molecule has 1 aromatic carbocycles. The monoisotopic (exact) mass is 505 g/mol. The normalized spacial score (nSPS) is 23.9. The van der Waals surface area contributed by atoms with Gasteiger partial charge in [-0.2, -0.15) is 31.4 Å². The second kappa shape index (κ2) is 8.70. The number of benzene rings is 1. The highest BCUT2D eigenvalue weighted by atomic mass is 19.4. The summed E-state index contributed by atoms with van der Waals surface area (Å²) in [5.74, 6) is -0.0525. The molecule has 3 N–H and O–H groups in total. The Hall–Kier alpha value is -2.80. The standard InChI is InChI=1S/C22H25F6N5O2/c1-11(2)33-10-29-16-5-14(4-15(19(16)33)21(23,24)25)35-9-13-8-20(34,7-12(3)30-13)17-6-18(32-31-17)22(26,27)28/h4-6,10-13,30,34H,7-9H2,1-3H3,(H,31,32). The first-order chi connectivity index (χ1) is 16.2. The van der Waals surface area contributed by atoms with Gasteiger partial charge in [0.1, 0.15) is 18.0 Å². The van der Waals surface area contributed by atoms with Gasteiger partial charge in [0, 0.05) is 30.6 Å². The molecule has 1 aliphatic rings. The van der Waals surface area contributed by atoms with Gasteiger partial charge < -0.3 is 19.7 Å². The summed E-state index contributed by atoms with van der Waals surface area (Å²) in [7, 11) is 0. The molecule has 0 bridgehead atoms. The van der Waals surface area contributed by atoms with Crippen molar-refractivity contribution in [2.75, 3.05) is 6.61 Å². The Labute approximate surface area is 196 Å². The van der Waals surface area contributed by atoms with E-state index in [0.29, 0.717) is 0 Å². The molecule has 1 fully saturated rings. The summed E-state index contributed by atoms with van der Waals surface area (Å²) < 4.78 is 87.4. The van der Waals surface area contributed by atoms with E-state index in [0.717, 1.165) is 12.1 Å². The number of nitrogens with one attached hydrogen (secondary N) is 2. The van der Waals surface area contributed by atoms with Crippen molar-refractivity contribution in [1.82, 2.24) is 25.1 Å². The number of ether oxygens (including phenoxy) is 1. The van der Waals surface area contributed by atoms with Crippen LogP contribution in [0.1, 0.15) is 56.6 Å². The number of aromatic nitrogens is 4. The van der Waals surface area contributed by atoms with Crippen LogP contribution in [-0.4, -0.2) is 43.5 Å². The van der Waals surface area contributed by atoms with Gasteiger partial charge in [-0.15, -0.1) is 0 Å². The van der Waals surface area contributed by atoms with E-state index in [1.807, 2.05) is 0 Å². The molecule has 13 heteroatoms. The molecule has 0 radical (unpaired) electrons. The Morgan fingerprint density at radius 1 is 1.14 bits per heavy atom. The van der Waals surface area contributed by atoms with Gasteiger partial charge in [-0.3, -0.25) is 5.10 Å². The van der Waals surface area contributed by atoms with Gasteiger partial charge in [0.25, 0.3) is 0 Å². The minimum Gasteiger partial charge on any atom is -0.492 e. The topological polar surface area (TPSA) is 88.0 Å². The smallest absolute Gasteiger partial charge is 0.435 e. The van der Waals surface area contributed by atoms with Crippen LogP contribution >= 0.6 is 0 Å². The fraction of sp³-hybridized carbons (Fsp3) is 0.545. The maximum Gasteiger partial charge on any atom is 0.435 e. The van der Waals surface area contributed by atoms with Crippen LogP contribution in [-0.2, 0) is 18.0 Å². The zero-order valence-electron chi connectivity index (χ0n) is 19.1. The third kappa shape index (κ3) is 5.10. The molecule has 3 heterocycles. The fourth-order valence-electron chi connectivity index (χ4n) is 4.58. The molecule has 2 aromatic heterocycles. The average Bonchev–Trinajstić information content (AvgIpc) is 3.38. The fourth-order valence-corrected chi connectivity index (χ4v) is 4.58. The van der Waals surface area contributed by atoms with E-state index in [9.17, 15) is 31.4 Å². The molecular weight excluding hydrogens is 480 g/mol. The van der Waals surface area contributed by atoms with E-state index in [1.54, 1.807) is 20.8 Å². The molecule has 1 aliphatic heterocycles. The molecular formula is C22H25F6N5O2. The van der Waals surface area contributed by atoms with Crippen molar-refractivity contribution in [1.29, 1.82) is 0 Å². The van der Waals surface area contributed by atoms with Gasteiger partial charge in [0.2, 0.25) is 0 Å². The van der Waals surface area contributed by atoms with E-state index >= 15 is 0 Å². The SMILES string of the molecule is CC1CC(O)(c2cc(C(F)(F)F)n[nH]2)CC(COc2cc(C(F)(F)F)c3c(c2)ncn3C(C)C)N1. The number of fused-ring (bicyclic) bond motifs is 1. The summed E-state index contributed by atoms with van der Waals surface area (Å²) in [4.78, 5) is 4.09. The number of nitrogens with zero attached hydrogens (tertiary/aromatic N) is 3. The molecule has 3 aromatic rings. The highest BCUT2D eigenvalue weighted by molar-refractivity contribution is 5.81. The number of rotatable bonds is 5. The zero-order chi connectivity index (χ0) is 25.8. The summed E-state index contributed by atoms with van der Waals surface area (Å²) in [6, 6.07) is 1.98. The highest BCUT2D eigenvalue weighted by Crippen LogP contribution is 2.39. The molecule has 0 amide bonds. The molecule has 4 rings (SSSR count). The van der Waals surface area contributed by atoms with Gasteiger partial charge >= 0.3 is 12.4 Å². The largest absolute Gasteiger partial charge is 0.492 e. The molecule has 3 atom stereocenters. The number of alkyl halides is 6. The third-order valence-corrected chi connectivity index (χ3v) is 6.07. The first-order valence-corrected chi connectivity index (χ1v) is 11.0. The Bertz CT molecular complexity index is 1200. The first-order valence-electron chi connectivity index (χ1n) is 11.0. The van der Waals surface area contributed by atoms with Crippen molar-refractivity contribution in [2.24, 2.45) is 0 Å². The number of piperidine rings is 1. The number of halogens is 6. The number of H-pyrrole nitrogens is 1. The Balaban J connectivity index is 1.56. The summed E-state index contributed by atoms with van der Waals surface area (Å²) >= 11 is 0. The lowest BCUT2D eigenvalue weighted by Crippen LogP contribution is -2.53. The summed E-state index contributed by atoms with van der Waals surface area (Å²) in [5, 5.41) is 19.8. The number of hydrogen-bond acceptors (Lipinski definition) is 5. The molecule has 0 spiro atoms. The van der Waals surface area contributed by atoms with Crippen LogP contribution in [0.4, 0.5) is 26.3 Å². The van der Waals surface area contributed by atoms with E-state index in [-0.39, 0.29) is 54.0 Å². The molecule has 1 saturated heterocycles. The van der Waals surface area contributed by atoms with E-state index in [4.69, 9.17) is 4.74 Å². The number of aliphatic hydroxyl groups is 1. The van der Waals surface area contributed by atoms with Crippen LogP contribution in [0.3, 0.4) is 0 Å². The summed E-state index contributed by atoms with van der Waals surface area (Å²) in [6.07, 6.45) is -7.88. The van der Waals surface area contributed by atoms with Crippen molar-refractivity contribution >= 4 is 11.0 Å². The zero-order valence-corrected chi connectivity index (χ0v) is 19.1. The van der Waals surface area contributed by atoms with Crippen molar-refractivity contribution in [3.63, 3.8) is 0 Å². The van der Waals surface area contributed by atoms with Gasteiger partial charge in [-0.25, -0.2) is 4.98 Å². The quantitative estimate of drug-likeness (QED) is 0.435. The van der Waals surface area contributed by atoms with Crippen LogP contribution in [0.5, 0.6) is 5.75 Å². The number of imidazole rings is 1. The van der Waals surface area contributed by atoms with Gasteiger partial charge in [-0.1, -0.05) is 0 Å². The van der Waals surface area contributed by atoms with Gasteiger partial charge in [0.15, 0.2) is 5.69 Å². The predicted octanol–water partition coefficient (Wildman–Crippen LogP) is 4.79. The highest BCUT2D eigenvalue weighted by Gasteiger charge is 2.43. The van der Waals surface area contributed by atoms with Crippen molar-refractivity contribution in [2.45, 2.75) is 69.7 Å². The molecule has 0 saturated carbocycles. The second-order valence-corrected chi connectivity index (χ2v) is 9.26. The molecule has 0 aliphatic carbocycles. The minimum absolute atomic E-state index is 0.0345. The third-order valence-electron chi connectivity index (χ3n) is 6.07. The Morgan fingerprint density at radius 2 is 1.86 bits per heavy atom. The lowest BCUT2D eigenvalue weighted by Gasteiger charge is -2.40. The van der Waals surface area contributed by atoms with E-state index in [2.05, 4.69) is 20.5 Å². The summed E-state index contributed by atoms with van der Waals surface area (Å²) in [6.45, 7) is 5.12. The van der Waals surface area contributed by atoms with Crippen molar-refractivity contribution in [3.8, 4) is 5.75 Å². The van der Waals surface area contributed by atoms with Crippen LogP contribution < -0.4 is 10.1 Å². The minimum atomic E-state index is -4.66. The Morgan fingerprint density at radius 3 is 2.46 bits per heavy atom. The average molecular weight is 505 g/mol. The van der Waals surface area contributed by atoms with Crippen LogP contribution in [0, 0.1) is 0 Å². The predicted molar refractivity (Wildman–Crippen MR) is 114 cm³/mol. The van der Waals surface area contributed by atoms with Crippen LogP contribution in [0.25, 0.3) is 11.0 Å². The van der Waals surface area contributed by atoms with Gasteiger partial charge in [-0.05, 0) is 39.3 Å². The van der Waals surface area contributed by atoms with E-state index < -0.39 is 35.3 Å². The lowest BCUT2D eigenvalue weighted by molar-refractivity contribution is -0.141. The first kappa shape index (κ1) is 25.3. The molecule has 3 unspecified atom stereocenters. The summed E-state index contributed by atoms with van der Waals surface area (Å²) in [5.41, 5.74) is -3.67.